The molecule has 0 spiro atoms. The van der Waals surface area contributed by atoms with Crippen molar-refractivity contribution in [3.8, 4) is 22.3 Å². The first-order valence-electron chi connectivity index (χ1n) is 13.2. The molecule has 0 bridgehead atoms. The summed E-state index contributed by atoms with van der Waals surface area (Å²) in [6.45, 7) is 5.88. The molecular formula is C34H34F3N. The first-order valence-corrected chi connectivity index (χ1v) is 13.2. The number of hydrogen-bond acceptors (Lipinski definition) is 1. The van der Waals surface area contributed by atoms with E-state index in [1.54, 1.807) is 54.6 Å². The zero-order valence-corrected chi connectivity index (χ0v) is 22.2. The van der Waals surface area contributed by atoms with Crippen molar-refractivity contribution in [3.63, 3.8) is 0 Å². The highest BCUT2D eigenvalue weighted by atomic mass is 19.4. The molecule has 0 amide bonds. The minimum atomic E-state index is -4.42. The van der Waals surface area contributed by atoms with Crippen LogP contribution in [0.4, 0.5) is 13.2 Å². The lowest BCUT2D eigenvalue weighted by Gasteiger charge is -2.38. The fourth-order valence-corrected chi connectivity index (χ4v) is 5.58. The molecule has 4 aromatic carbocycles. The topological polar surface area (TPSA) is 3.24 Å². The van der Waals surface area contributed by atoms with E-state index in [-0.39, 0.29) is 16.5 Å². The molecule has 0 aliphatic carbocycles. The molecule has 5 rings (SSSR count). The summed E-state index contributed by atoms with van der Waals surface area (Å²) in [5, 5.41) is 0. The van der Waals surface area contributed by atoms with Crippen LogP contribution < -0.4 is 0 Å². The maximum Gasteiger partial charge on any atom is 0.402 e. The molecule has 1 atom stereocenters. The number of nitrogens with zero attached hydrogens (tertiary/aromatic N) is 1. The van der Waals surface area contributed by atoms with E-state index in [0.717, 1.165) is 35.3 Å². The fourth-order valence-electron chi connectivity index (χ4n) is 5.58. The third-order valence-corrected chi connectivity index (χ3v) is 8.60. The SMILES string of the molecule is CN1CCC(C)(c2ccc(-c3ccc(-c4ccc(C(C)(c5ccccc5)C(F)(F)F)cc4)cc3)cc2)CC1. The van der Waals surface area contributed by atoms with Crippen LogP contribution in [-0.4, -0.2) is 31.2 Å². The van der Waals surface area contributed by atoms with Crippen molar-refractivity contribution in [3.05, 3.63) is 120 Å². The van der Waals surface area contributed by atoms with Crippen molar-refractivity contribution in [1.82, 2.24) is 4.90 Å². The Bertz CT molecular complexity index is 1350. The molecule has 0 N–H and O–H groups in total. The average Bonchev–Trinajstić information content (AvgIpc) is 2.94. The Hall–Kier alpha value is -3.37. The maximum absolute atomic E-state index is 14.3. The van der Waals surface area contributed by atoms with Gasteiger partial charge in [0, 0.05) is 0 Å². The largest absolute Gasteiger partial charge is 0.402 e. The van der Waals surface area contributed by atoms with Gasteiger partial charge in [-0.2, -0.15) is 13.2 Å². The minimum Gasteiger partial charge on any atom is -0.306 e. The fraction of sp³-hybridized carbons (Fsp3) is 0.294. The maximum atomic E-state index is 14.3. The summed E-state index contributed by atoms with van der Waals surface area (Å²) in [5.74, 6) is 0. The predicted molar refractivity (Wildman–Crippen MR) is 150 cm³/mol. The van der Waals surface area contributed by atoms with Gasteiger partial charge in [-0.15, -0.1) is 0 Å². The lowest BCUT2D eigenvalue weighted by molar-refractivity contribution is -0.173. The van der Waals surface area contributed by atoms with Gasteiger partial charge in [0.05, 0.1) is 0 Å². The van der Waals surface area contributed by atoms with E-state index in [0.29, 0.717) is 0 Å². The van der Waals surface area contributed by atoms with Gasteiger partial charge in [0.25, 0.3) is 0 Å². The van der Waals surface area contributed by atoms with Gasteiger partial charge in [-0.05, 0) is 84.3 Å². The van der Waals surface area contributed by atoms with Gasteiger partial charge in [-0.25, -0.2) is 0 Å². The molecule has 196 valence electrons. The average molecular weight is 514 g/mol. The summed E-state index contributed by atoms with van der Waals surface area (Å²) < 4.78 is 42.8. The van der Waals surface area contributed by atoms with Crippen LogP contribution in [0.25, 0.3) is 22.3 Å². The van der Waals surface area contributed by atoms with Gasteiger partial charge in [0.1, 0.15) is 5.41 Å². The van der Waals surface area contributed by atoms with E-state index in [1.807, 2.05) is 12.1 Å². The van der Waals surface area contributed by atoms with E-state index in [1.165, 1.54) is 25.3 Å². The van der Waals surface area contributed by atoms with Gasteiger partial charge >= 0.3 is 6.18 Å². The van der Waals surface area contributed by atoms with Crippen LogP contribution in [0.5, 0.6) is 0 Å². The van der Waals surface area contributed by atoms with E-state index in [9.17, 15) is 13.2 Å². The molecule has 0 aromatic heterocycles. The van der Waals surface area contributed by atoms with E-state index < -0.39 is 11.6 Å². The number of piperidine rings is 1. The van der Waals surface area contributed by atoms with Crippen LogP contribution >= 0.6 is 0 Å². The summed E-state index contributed by atoms with van der Waals surface area (Å²) >= 11 is 0. The monoisotopic (exact) mass is 513 g/mol. The van der Waals surface area contributed by atoms with Gasteiger partial charge in [-0.1, -0.05) is 110 Å². The molecule has 1 saturated heterocycles. The molecule has 1 fully saturated rings. The van der Waals surface area contributed by atoms with Crippen molar-refractivity contribution in [2.24, 2.45) is 0 Å². The second-order valence-corrected chi connectivity index (χ2v) is 11.1. The van der Waals surface area contributed by atoms with Crippen LogP contribution in [0, 0.1) is 0 Å². The third-order valence-electron chi connectivity index (χ3n) is 8.60. The quantitative estimate of drug-likeness (QED) is 0.258. The standard InChI is InChI=1S/C34H34F3N/c1-32(21-23-38(3)24-22-32)29-17-13-27(14-18-29)25-9-11-26(12-10-25)28-15-19-31(20-16-28)33(2,34(35,36)37)30-7-5-4-6-8-30/h4-20H,21-24H2,1-3H3. The van der Waals surface area contributed by atoms with Crippen LogP contribution in [0.1, 0.15) is 43.4 Å². The summed E-state index contributed by atoms with van der Waals surface area (Å²) in [4.78, 5) is 2.39. The van der Waals surface area contributed by atoms with E-state index >= 15 is 0 Å². The number of alkyl halides is 3. The Labute approximate surface area is 224 Å². The summed E-state index contributed by atoms with van der Waals surface area (Å²) in [6, 6.07) is 32.1. The van der Waals surface area contributed by atoms with Crippen molar-refractivity contribution in [1.29, 1.82) is 0 Å². The lowest BCUT2D eigenvalue weighted by Crippen LogP contribution is -2.40. The minimum absolute atomic E-state index is 0.226. The second kappa shape index (κ2) is 10.1. The van der Waals surface area contributed by atoms with Crippen LogP contribution in [0.3, 0.4) is 0 Å². The van der Waals surface area contributed by atoms with Crippen molar-refractivity contribution < 1.29 is 13.2 Å². The summed E-state index contributed by atoms with van der Waals surface area (Å²) in [5.41, 5.74) is 4.17. The Kier molecular flexibility index (Phi) is 6.96. The molecule has 1 unspecified atom stereocenters. The molecular weight excluding hydrogens is 479 g/mol. The van der Waals surface area contributed by atoms with Crippen molar-refractivity contribution in [2.75, 3.05) is 20.1 Å². The van der Waals surface area contributed by atoms with Gasteiger partial charge in [0.2, 0.25) is 0 Å². The number of rotatable bonds is 5. The molecule has 1 aliphatic heterocycles. The van der Waals surface area contributed by atoms with Crippen molar-refractivity contribution >= 4 is 0 Å². The van der Waals surface area contributed by atoms with Crippen LogP contribution in [-0.2, 0) is 10.8 Å². The molecule has 4 heteroatoms. The molecule has 1 aliphatic rings. The summed E-state index contributed by atoms with van der Waals surface area (Å²) in [7, 11) is 2.19. The molecule has 38 heavy (non-hydrogen) atoms. The Morgan fingerprint density at radius 1 is 0.605 bits per heavy atom. The second-order valence-electron chi connectivity index (χ2n) is 11.1. The zero-order valence-electron chi connectivity index (χ0n) is 22.2. The van der Waals surface area contributed by atoms with Crippen LogP contribution in [0.15, 0.2) is 103 Å². The zero-order chi connectivity index (χ0) is 27.0. The highest BCUT2D eigenvalue weighted by Crippen LogP contribution is 2.46. The Morgan fingerprint density at radius 2 is 1.00 bits per heavy atom. The van der Waals surface area contributed by atoms with E-state index in [2.05, 4.69) is 55.3 Å². The van der Waals surface area contributed by atoms with E-state index in [4.69, 9.17) is 0 Å². The molecule has 1 nitrogen and oxygen atoms in total. The number of benzene rings is 4. The van der Waals surface area contributed by atoms with Gasteiger partial charge in [-0.3, -0.25) is 0 Å². The molecule has 1 heterocycles. The highest BCUT2D eigenvalue weighted by molar-refractivity contribution is 5.71. The number of halogens is 3. The first-order chi connectivity index (χ1) is 18.1. The molecule has 0 saturated carbocycles. The Balaban J connectivity index is 1.35. The molecule has 0 radical (unpaired) electrons. The first kappa shape index (κ1) is 26.2. The highest BCUT2D eigenvalue weighted by Gasteiger charge is 2.53. The van der Waals surface area contributed by atoms with Gasteiger partial charge in [0.15, 0.2) is 0 Å². The Morgan fingerprint density at radius 3 is 1.45 bits per heavy atom. The van der Waals surface area contributed by atoms with Gasteiger partial charge < -0.3 is 4.90 Å². The summed E-state index contributed by atoms with van der Waals surface area (Å²) in [6.07, 6.45) is -2.08. The number of likely N-dealkylation sites (tertiary alicyclic amines) is 1. The lowest BCUT2D eigenvalue weighted by atomic mass is 9.74. The predicted octanol–water partition coefficient (Wildman–Crippen LogP) is 8.87. The van der Waals surface area contributed by atoms with Crippen molar-refractivity contribution in [2.45, 2.75) is 43.7 Å². The third kappa shape index (κ3) is 4.90. The smallest absolute Gasteiger partial charge is 0.306 e. The number of hydrogen-bond donors (Lipinski definition) is 0. The molecule has 4 aromatic rings. The van der Waals surface area contributed by atoms with Crippen LogP contribution in [0.2, 0.25) is 0 Å². The normalized spacial score (nSPS) is 17.6.